The summed E-state index contributed by atoms with van der Waals surface area (Å²) in [7, 11) is 1.57. The number of halogens is 1. The monoisotopic (exact) mass is 389 g/mol. The molecule has 1 aliphatic carbocycles. The first-order valence-electron chi connectivity index (χ1n) is 10.3. The van der Waals surface area contributed by atoms with Crippen molar-refractivity contribution in [2.45, 2.75) is 43.9 Å². The number of hydrogen-bond donors (Lipinski definition) is 3. The number of rotatable bonds is 4. The predicted octanol–water partition coefficient (Wildman–Crippen LogP) is 1.91. The molecule has 3 aliphatic heterocycles. The summed E-state index contributed by atoms with van der Waals surface area (Å²) in [5, 5.41) is 23.9. The number of benzene rings is 1. The average molecular weight is 389 g/mol. The molecule has 0 radical (unpaired) electrons. The highest BCUT2D eigenvalue weighted by atomic mass is 19.1. The van der Waals surface area contributed by atoms with Gasteiger partial charge in [-0.2, -0.15) is 0 Å². The van der Waals surface area contributed by atoms with E-state index in [0.29, 0.717) is 40.6 Å². The molecule has 0 aromatic heterocycles. The Balaban J connectivity index is 1.60. The van der Waals surface area contributed by atoms with Gasteiger partial charge in [-0.05, 0) is 44.2 Å². The molecule has 0 amide bonds. The molecule has 3 N–H and O–H groups in total. The molecule has 3 atom stereocenters. The lowest BCUT2D eigenvalue weighted by Crippen LogP contribution is -2.40. The fourth-order valence-electron chi connectivity index (χ4n) is 5.10. The molecule has 0 bridgehead atoms. The van der Waals surface area contributed by atoms with Gasteiger partial charge in [0.05, 0.1) is 19.4 Å². The van der Waals surface area contributed by atoms with Gasteiger partial charge in [-0.25, -0.2) is 4.39 Å². The van der Waals surface area contributed by atoms with Crippen LogP contribution in [-0.4, -0.2) is 55.6 Å². The molecule has 3 heterocycles. The second-order valence-corrected chi connectivity index (χ2v) is 8.45. The van der Waals surface area contributed by atoms with Crippen molar-refractivity contribution in [3.8, 4) is 5.75 Å². The highest BCUT2D eigenvalue weighted by molar-refractivity contribution is 5.80. The van der Waals surface area contributed by atoms with E-state index in [0.717, 1.165) is 44.6 Å². The lowest BCUT2D eigenvalue weighted by molar-refractivity contribution is 0.187. The zero-order valence-electron chi connectivity index (χ0n) is 16.2. The Morgan fingerprint density at radius 1 is 1.25 bits per heavy atom. The van der Waals surface area contributed by atoms with Crippen LogP contribution in [0, 0.1) is 11.7 Å². The van der Waals surface area contributed by atoms with Crippen LogP contribution in [0.3, 0.4) is 0 Å². The van der Waals surface area contributed by atoms with Gasteiger partial charge in [-0.3, -0.25) is 0 Å². The van der Waals surface area contributed by atoms with E-state index in [1.807, 2.05) is 6.20 Å². The topological polar surface area (TPSA) is 68.2 Å². The quantitative estimate of drug-likeness (QED) is 0.731. The third-order valence-electron chi connectivity index (χ3n) is 6.66. The number of methoxy groups -OCH3 is 1. The molecule has 5 rings (SSSR count). The second-order valence-electron chi connectivity index (χ2n) is 8.45. The van der Waals surface area contributed by atoms with E-state index in [2.05, 4.69) is 15.1 Å². The third-order valence-corrected chi connectivity index (χ3v) is 6.66. The van der Waals surface area contributed by atoms with E-state index in [-0.39, 0.29) is 12.4 Å². The number of fused-ring (bicyclic) bond motifs is 2. The normalized spacial score (nSPS) is 29.4. The number of piperidine rings is 1. The van der Waals surface area contributed by atoms with Crippen molar-refractivity contribution in [2.24, 2.45) is 5.92 Å². The zero-order valence-corrected chi connectivity index (χ0v) is 16.2. The Kier molecular flexibility index (Phi) is 4.49. The summed E-state index contributed by atoms with van der Waals surface area (Å²) in [6.45, 7) is 2.35. The Bertz CT molecular complexity index is 797. The van der Waals surface area contributed by atoms with Crippen LogP contribution in [0.25, 0.3) is 0 Å². The van der Waals surface area contributed by atoms with Crippen LogP contribution < -0.4 is 19.9 Å². The molecule has 6 nitrogen and oxygen atoms in total. The summed E-state index contributed by atoms with van der Waals surface area (Å²) in [4.78, 5) is 4.17. The molecule has 28 heavy (non-hydrogen) atoms. The maximum atomic E-state index is 15.3. The molecule has 2 saturated heterocycles. The van der Waals surface area contributed by atoms with E-state index in [1.165, 1.54) is 12.5 Å². The first-order valence-corrected chi connectivity index (χ1v) is 10.3. The summed E-state index contributed by atoms with van der Waals surface area (Å²) in [5.74, 6) is 0.649. The number of nitrogens with one attached hydrogen (secondary N) is 1. The fraction of sp³-hybridized carbons (Fsp3) is 0.619. The molecule has 1 aromatic rings. The molecule has 1 saturated carbocycles. The number of aliphatic hydroxyl groups excluding tert-OH is 2. The number of hydrogen-bond acceptors (Lipinski definition) is 6. The van der Waals surface area contributed by atoms with Crippen molar-refractivity contribution in [3.05, 3.63) is 29.2 Å². The lowest BCUT2D eigenvalue weighted by atomic mass is 9.94. The second kappa shape index (κ2) is 6.90. The van der Waals surface area contributed by atoms with Crippen molar-refractivity contribution in [1.29, 1.82) is 0 Å². The lowest BCUT2D eigenvalue weighted by Gasteiger charge is -2.35. The average Bonchev–Trinajstić information content (AvgIpc) is 3.46. The van der Waals surface area contributed by atoms with Gasteiger partial charge < -0.3 is 30.1 Å². The van der Waals surface area contributed by atoms with E-state index in [1.54, 1.807) is 7.11 Å². The van der Waals surface area contributed by atoms with Gasteiger partial charge in [-0.15, -0.1) is 0 Å². The standard InChI is InChI=1S/C21H28FN3O3/c1-28-21-18-15(20(27)13(11-26)9-25(18)14-4-5-14)7-16(22)19(21)24-8-12-3-2-6-23-17(12)10-24/h7,9,12,14,17,20,23,26-27H,2-6,8,10-11H2,1H3/t12-,17+,20?/m0/s1. The smallest absolute Gasteiger partial charge is 0.169 e. The number of aliphatic hydroxyl groups is 2. The predicted molar refractivity (Wildman–Crippen MR) is 105 cm³/mol. The van der Waals surface area contributed by atoms with Gasteiger partial charge in [0.2, 0.25) is 0 Å². The van der Waals surface area contributed by atoms with Crippen LogP contribution in [-0.2, 0) is 0 Å². The van der Waals surface area contributed by atoms with Gasteiger partial charge in [0, 0.05) is 42.5 Å². The Morgan fingerprint density at radius 2 is 2.07 bits per heavy atom. The Morgan fingerprint density at radius 3 is 2.75 bits per heavy atom. The molecule has 1 aromatic carbocycles. The van der Waals surface area contributed by atoms with Gasteiger partial charge in [0.15, 0.2) is 11.6 Å². The molecular formula is C21H28FN3O3. The molecule has 4 aliphatic rings. The maximum Gasteiger partial charge on any atom is 0.169 e. The molecule has 0 spiro atoms. The number of ether oxygens (including phenoxy) is 1. The summed E-state index contributed by atoms with van der Waals surface area (Å²) >= 11 is 0. The minimum absolute atomic E-state index is 0.253. The van der Waals surface area contributed by atoms with Gasteiger partial charge in [-0.1, -0.05) is 0 Å². The summed E-state index contributed by atoms with van der Waals surface area (Å²) in [5.41, 5.74) is 2.21. The van der Waals surface area contributed by atoms with E-state index in [9.17, 15) is 10.2 Å². The third kappa shape index (κ3) is 2.79. The van der Waals surface area contributed by atoms with Crippen molar-refractivity contribution in [1.82, 2.24) is 5.32 Å². The van der Waals surface area contributed by atoms with Gasteiger partial charge in [0.25, 0.3) is 0 Å². The first-order chi connectivity index (χ1) is 13.6. The van der Waals surface area contributed by atoms with Crippen LogP contribution >= 0.6 is 0 Å². The van der Waals surface area contributed by atoms with Crippen LogP contribution in [0.5, 0.6) is 5.75 Å². The molecular weight excluding hydrogens is 361 g/mol. The molecule has 1 unspecified atom stereocenters. The largest absolute Gasteiger partial charge is 0.492 e. The maximum absolute atomic E-state index is 15.3. The van der Waals surface area contributed by atoms with E-state index in [4.69, 9.17) is 4.74 Å². The van der Waals surface area contributed by atoms with Crippen LogP contribution in [0.15, 0.2) is 17.8 Å². The Hall–Kier alpha value is -1.83. The number of anilines is 2. The molecule has 7 heteroatoms. The van der Waals surface area contributed by atoms with Crippen molar-refractivity contribution in [2.75, 3.05) is 43.2 Å². The van der Waals surface area contributed by atoms with Crippen molar-refractivity contribution in [3.63, 3.8) is 0 Å². The van der Waals surface area contributed by atoms with E-state index >= 15 is 4.39 Å². The molecule has 3 fully saturated rings. The minimum Gasteiger partial charge on any atom is -0.492 e. The van der Waals surface area contributed by atoms with Crippen LogP contribution in [0.1, 0.15) is 37.4 Å². The highest BCUT2D eigenvalue weighted by Gasteiger charge is 2.41. The minimum atomic E-state index is -1.02. The Labute approximate surface area is 164 Å². The molecule has 152 valence electrons. The van der Waals surface area contributed by atoms with Crippen LogP contribution in [0.4, 0.5) is 15.8 Å². The number of nitrogens with zero attached hydrogens (tertiary/aromatic N) is 2. The zero-order chi connectivity index (χ0) is 19.4. The highest BCUT2D eigenvalue weighted by Crippen LogP contribution is 2.52. The van der Waals surface area contributed by atoms with E-state index < -0.39 is 6.10 Å². The summed E-state index contributed by atoms with van der Waals surface area (Å²) in [6.07, 6.45) is 5.21. The van der Waals surface area contributed by atoms with Crippen LogP contribution in [0.2, 0.25) is 0 Å². The van der Waals surface area contributed by atoms with Crippen molar-refractivity contribution < 1.29 is 19.3 Å². The van der Waals surface area contributed by atoms with Gasteiger partial charge in [0.1, 0.15) is 11.8 Å². The van der Waals surface area contributed by atoms with Gasteiger partial charge >= 0.3 is 0 Å². The van der Waals surface area contributed by atoms with Crippen molar-refractivity contribution >= 4 is 11.4 Å². The fourth-order valence-corrected chi connectivity index (χ4v) is 5.10. The summed E-state index contributed by atoms with van der Waals surface area (Å²) < 4.78 is 21.1. The SMILES string of the molecule is COc1c(N2C[C@@H]3CCCN[C@@H]3C2)c(F)cc2c1N(C1CC1)C=C(CO)C2O. The first kappa shape index (κ1) is 18.2. The summed E-state index contributed by atoms with van der Waals surface area (Å²) in [6, 6.07) is 2.13.